The molecule has 0 aliphatic rings. The Balaban J connectivity index is 1.98. The Labute approximate surface area is 163 Å². The summed E-state index contributed by atoms with van der Waals surface area (Å²) in [4.78, 5) is 2.29. The van der Waals surface area contributed by atoms with Gasteiger partial charge in [0.15, 0.2) is 0 Å². The molecule has 0 atom stereocenters. The Bertz CT molecular complexity index is 928. The van der Waals surface area contributed by atoms with E-state index in [0.717, 1.165) is 26.9 Å². The molecule has 0 amide bonds. The summed E-state index contributed by atoms with van der Waals surface area (Å²) in [6, 6.07) is 16.9. The second-order valence-electron chi connectivity index (χ2n) is 5.47. The van der Waals surface area contributed by atoms with Crippen molar-refractivity contribution < 1.29 is 0 Å². The maximum Gasteiger partial charge on any atom is 0.0774 e. The molecule has 128 valence electrons. The smallest absolute Gasteiger partial charge is 0.0774 e. The Kier molecular flexibility index (Phi) is 5.27. The molecule has 0 unspecified atom stereocenters. The van der Waals surface area contributed by atoms with Gasteiger partial charge in [0.25, 0.3) is 0 Å². The van der Waals surface area contributed by atoms with E-state index >= 15 is 0 Å². The van der Waals surface area contributed by atoms with Crippen LogP contribution in [-0.2, 0) is 0 Å². The molecule has 3 rings (SSSR count). The number of nitrogen functional groups attached to an aromatic ring is 2. The fourth-order valence-corrected chi connectivity index (χ4v) is 3.08. The third kappa shape index (κ3) is 3.95. The number of nitrogens with one attached hydrogen (secondary N) is 2. The summed E-state index contributed by atoms with van der Waals surface area (Å²) in [5, 5.41) is 6.60. The molecule has 0 saturated heterocycles. The number of para-hydroxylation sites is 1. The first-order chi connectivity index (χ1) is 12.0. The van der Waals surface area contributed by atoms with E-state index in [2.05, 4.69) is 48.5 Å². The van der Waals surface area contributed by atoms with E-state index in [1.807, 2.05) is 42.5 Å². The van der Waals surface area contributed by atoms with Crippen molar-refractivity contribution in [3.63, 3.8) is 0 Å². The summed E-state index contributed by atoms with van der Waals surface area (Å²) in [5.74, 6) is 0. The molecule has 0 bridgehead atoms. The van der Waals surface area contributed by atoms with Crippen LogP contribution in [0.15, 0.2) is 69.3 Å². The number of hydrogen-bond donors (Lipinski definition) is 7. The van der Waals surface area contributed by atoms with Crippen LogP contribution in [0.5, 0.6) is 0 Å². The number of nitrogens with two attached hydrogens (primary N) is 2. The van der Waals surface area contributed by atoms with Gasteiger partial charge in [0.1, 0.15) is 0 Å². The summed E-state index contributed by atoms with van der Waals surface area (Å²) >= 11 is 13.6. The number of anilines is 6. The molecule has 7 heteroatoms. The molecule has 3 aromatic rings. The van der Waals surface area contributed by atoms with Crippen molar-refractivity contribution in [3.8, 4) is 0 Å². The molecule has 6 N–H and O–H groups in total. The van der Waals surface area contributed by atoms with E-state index in [1.165, 1.54) is 0 Å². The fourth-order valence-electron chi connectivity index (χ4n) is 2.35. The van der Waals surface area contributed by atoms with Crippen LogP contribution in [0, 0.1) is 0 Å². The first-order valence-corrected chi connectivity index (χ1v) is 8.82. The molecule has 0 spiro atoms. The molecule has 25 heavy (non-hydrogen) atoms. The van der Waals surface area contributed by atoms with Gasteiger partial charge in [-0.2, -0.15) is 0 Å². The lowest BCUT2D eigenvalue weighted by Gasteiger charge is -2.18. The lowest BCUT2D eigenvalue weighted by molar-refractivity contribution is 1.34. The minimum Gasteiger partial charge on any atom is -0.399 e. The van der Waals surface area contributed by atoms with E-state index in [-0.39, 0.29) is 0 Å². The minimum atomic E-state index is 0.574. The van der Waals surface area contributed by atoms with Crippen molar-refractivity contribution in [2.75, 3.05) is 22.1 Å². The first kappa shape index (κ1) is 17.7. The SMILES string of the molecule is Nc1ccc(S)c(Nc2c(N)ccc(Nc3ccccc3S)c2S)c1. The zero-order valence-corrected chi connectivity index (χ0v) is 15.9. The number of hydrogen-bond acceptors (Lipinski definition) is 7. The standard InChI is InChI=1S/C18H18N4S3/c19-10-5-8-16(24)14(9-10)22-17-11(20)6-7-13(18(17)25)21-12-3-1-2-4-15(12)23/h1-9,21-25H,19-20H2. The Morgan fingerprint density at radius 1 is 0.680 bits per heavy atom. The van der Waals surface area contributed by atoms with Crippen LogP contribution in [0.2, 0.25) is 0 Å². The molecule has 0 aliphatic heterocycles. The fraction of sp³-hybridized carbons (Fsp3) is 0. The number of rotatable bonds is 4. The topological polar surface area (TPSA) is 76.1 Å². The van der Waals surface area contributed by atoms with Crippen LogP contribution < -0.4 is 22.1 Å². The third-order valence-corrected chi connectivity index (χ3v) is 4.91. The summed E-state index contributed by atoms with van der Waals surface area (Å²) < 4.78 is 0. The summed E-state index contributed by atoms with van der Waals surface area (Å²) in [6.45, 7) is 0. The van der Waals surface area contributed by atoms with Crippen LogP contribution in [0.4, 0.5) is 34.1 Å². The predicted molar refractivity (Wildman–Crippen MR) is 116 cm³/mol. The van der Waals surface area contributed by atoms with Crippen molar-refractivity contribution in [3.05, 3.63) is 54.6 Å². The van der Waals surface area contributed by atoms with Crippen LogP contribution in [0.3, 0.4) is 0 Å². The molecule has 0 saturated carbocycles. The van der Waals surface area contributed by atoms with Crippen molar-refractivity contribution in [1.29, 1.82) is 0 Å². The number of thiol groups is 3. The van der Waals surface area contributed by atoms with Gasteiger partial charge in [-0.25, -0.2) is 0 Å². The van der Waals surface area contributed by atoms with Crippen molar-refractivity contribution in [1.82, 2.24) is 0 Å². The van der Waals surface area contributed by atoms with E-state index < -0.39 is 0 Å². The van der Waals surface area contributed by atoms with Crippen molar-refractivity contribution in [2.24, 2.45) is 0 Å². The Hall–Kier alpha value is -2.09. The molecule has 4 nitrogen and oxygen atoms in total. The van der Waals surface area contributed by atoms with Gasteiger partial charge < -0.3 is 22.1 Å². The molecular formula is C18H18N4S3. The lowest BCUT2D eigenvalue weighted by atomic mass is 10.2. The van der Waals surface area contributed by atoms with Gasteiger partial charge in [-0.15, -0.1) is 37.9 Å². The normalized spacial score (nSPS) is 10.5. The predicted octanol–water partition coefficient (Wildman–Crippen LogP) is 5.20. The molecular weight excluding hydrogens is 368 g/mol. The van der Waals surface area contributed by atoms with E-state index in [0.29, 0.717) is 22.0 Å². The molecule has 0 fully saturated rings. The van der Waals surface area contributed by atoms with Gasteiger partial charge in [-0.1, -0.05) is 12.1 Å². The van der Waals surface area contributed by atoms with Crippen molar-refractivity contribution in [2.45, 2.75) is 14.7 Å². The highest BCUT2D eigenvalue weighted by Gasteiger charge is 2.12. The molecule has 0 heterocycles. The Morgan fingerprint density at radius 3 is 2.16 bits per heavy atom. The van der Waals surface area contributed by atoms with E-state index in [1.54, 1.807) is 12.1 Å². The molecule has 0 aromatic heterocycles. The average molecular weight is 387 g/mol. The minimum absolute atomic E-state index is 0.574. The highest BCUT2D eigenvalue weighted by atomic mass is 32.1. The quantitative estimate of drug-likeness (QED) is 0.248. The second-order valence-corrected chi connectivity index (χ2v) is 6.88. The highest BCUT2D eigenvalue weighted by Crippen LogP contribution is 2.39. The van der Waals surface area contributed by atoms with Crippen LogP contribution in [0.1, 0.15) is 0 Å². The second kappa shape index (κ2) is 7.43. The number of benzene rings is 3. The highest BCUT2D eigenvalue weighted by molar-refractivity contribution is 7.81. The summed E-state index contributed by atoms with van der Waals surface area (Å²) in [6.07, 6.45) is 0. The average Bonchev–Trinajstić information content (AvgIpc) is 2.59. The largest absolute Gasteiger partial charge is 0.399 e. The van der Waals surface area contributed by atoms with Gasteiger partial charge in [-0.05, 0) is 42.5 Å². The van der Waals surface area contributed by atoms with E-state index in [9.17, 15) is 0 Å². The molecule has 0 radical (unpaired) electrons. The van der Waals surface area contributed by atoms with Gasteiger partial charge in [-0.3, -0.25) is 0 Å². The third-order valence-electron chi connectivity index (χ3n) is 3.66. The maximum absolute atomic E-state index is 6.14. The van der Waals surface area contributed by atoms with Crippen LogP contribution >= 0.6 is 37.9 Å². The van der Waals surface area contributed by atoms with Crippen LogP contribution in [-0.4, -0.2) is 0 Å². The van der Waals surface area contributed by atoms with Gasteiger partial charge >= 0.3 is 0 Å². The van der Waals surface area contributed by atoms with Gasteiger partial charge in [0.2, 0.25) is 0 Å². The Morgan fingerprint density at radius 2 is 1.40 bits per heavy atom. The first-order valence-electron chi connectivity index (χ1n) is 7.47. The molecule has 3 aromatic carbocycles. The van der Waals surface area contributed by atoms with E-state index in [4.69, 9.17) is 11.5 Å². The monoisotopic (exact) mass is 386 g/mol. The van der Waals surface area contributed by atoms with Crippen LogP contribution in [0.25, 0.3) is 0 Å². The van der Waals surface area contributed by atoms with Gasteiger partial charge in [0, 0.05) is 15.5 Å². The summed E-state index contributed by atoms with van der Waals surface area (Å²) in [5.41, 5.74) is 16.4. The molecule has 0 aliphatic carbocycles. The van der Waals surface area contributed by atoms with Crippen molar-refractivity contribution >= 4 is 72.0 Å². The summed E-state index contributed by atoms with van der Waals surface area (Å²) in [7, 11) is 0. The van der Waals surface area contributed by atoms with Gasteiger partial charge in [0.05, 0.1) is 33.3 Å². The zero-order chi connectivity index (χ0) is 18.0. The zero-order valence-electron chi connectivity index (χ0n) is 13.2. The lowest BCUT2D eigenvalue weighted by Crippen LogP contribution is -2.02. The maximum atomic E-state index is 6.14.